The summed E-state index contributed by atoms with van der Waals surface area (Å²) in [5.41, 5.74) is 0.963. The molecule has 2 atom stereocenters. The van der Waals surface area contributed by atoms with Crippen molar-refractivity contribution in [3.05, 3.63) is 0 Å². The lowest BCUT2D eigenvalue weighted by molar-refractivity contribution is 0.103. The van der Waals surface area contributed by atoms with E-state index in [1.54, 1.807) is 0 Å². The van der Waals surface area contributed by atoms with Crippen LogP contribution in [-0.4, -0.2) is 12.1 Å². The Bertz CT molecular complexity index is 312. The lowest BCUT2D eigenvalue weighted by atomic mass is 9.68. The van der Waals surface area contributed by atoms with Crippen LogP contribution in [0.5, 0.6) is 0 Å². The number of hydrogen-bond acceptors (Lipinski definition) is 1. The van der Waals surface area contributed by atoms with E-state index in [4.69, 9.17) is 0 Å². The average Bonchev–Trinajstić information content (AvgIpc) is 2.37. The molecule has 2 rings (SSSR count). The molecule has 0 aliphatic heterocycles. The molecule has 0 saturated heterocycles. The van der Waals surface area contributed by atoms with Gasteiger partial charge < -0.3 is 5.32 Å². The highest BCUT2D eigenvalue weighted by atomic mass is 15.0. The van der Waals surface area contributed by atoms with Gasteiger partial charge in [0.2, 0.25) is 0 Å². The van der Waals surface area contributed by atoms with E-state index in [9.17, 15) is 0 Å². The topological polar surface area (TPSA) is 12.0 Å². The second-order valence-corrected chi connectivity index (χ2v) is 9.94. The molecule has 2 fully saturated rings. The fraction of sp³-hybridized carbons (Fsp3) is 1.00. The van der Waals surface area contributed by atoms with Gasteiger partial charge in [-0.05, 0) is 61.2 Å². The van der Waals surface area contributed by atoms with Gasteiger partial charge in [0, 0.05) is 12.1 Å². The normalized spacial score (nSPS) is 35.7. The van der Waals surface area contributed by atoms with Crippen molar-refractivity contribution in [1.29, 1.82) is 0 Å². The summed E-state index contributed by atoms with van der Waals surface area (Å²) in [6.45, 7) is 14.6. The lowest BCUT2D eigenvalue weighted by Gasteiger charge is -2.44. The number of hydrogen-bond donors (Lipinski definition) is 1. The minimum Gasteiger partial charge on any atom is -0.311 e. The van der Waals surface area contributed by atoms with Crippen molar-refractivity contribution in [1.82, 2.24) is 5.32 Å². The molecule has 2 unspecified atom stereocenters. The number of nitrogens with one attached hydrogen (secondary N) is 1. The first-order chi connectivity index (χ1) is 9.68. The molecule has 1 nitrogen and oxygen atoms in total. The summed E-state index contributed by atoms with van der Waals surface area (Å²) in [7, 11) is 0. The van der Waals surface area contributed by atoms with E-state index in [1.807, 2.05) is 0 Å². The van der Waals surface area contributed by atoms with Crippen LogP contribution < -0.4 is 5.32 Å². The molecule has 0 radical (unpaired) electrons. The van der Waals surface area contributed by atoms with Crippen LogP contribution in [0.1, 0.15) is 92.9 Å². The third kappa shape index (κ3) is 4.71. The van der Waals surface area contributed by atoms with Crippen molar-refractivity contribution in [2.24, 2.45) is 22.7 Å². The maximum Gasteiger partial charge on any atom is 0.0103 e. The van der Waals surface area contributed by atoms with E-state index in [0.29, 0.717) is 10.8 Å². The third-order valence-electron chi connectivity index (χ3n) is 6.28. The first-order valence-electron chi connectivity index (χ1n) is 9.44. The average molecular weight is 294 g/mol. The van der Waals surface area contributed by atoms with Gasteiger partial charge in [-0.15, -0.1) is 0 Å². The second kappa shape index (κ2) is 6.60. The SMILES string of the molecule is CC(C)(C)C1CCC(NC2CCCCC2C(C)(C)C)CC1. The zero-order valence-corrected chi connectivity index (χ0v) is 15.5. The summed E-state index contributed by atoms with van der Waals surface area (Å²) < 4.78 is 0. The zero-order valence-electron chi connectivity index (χ0n) is 15.5. The molecule has 0 amide bonds. The molecule has 0 aromatic rings. The Morgan fingerprint density at radius 1 is 0.667 bits per heavy atom. The van der Waals surface area contributed by atoms with E-state index in [0.717, 1.165) is 23.9 Å². The molecule has 0 bridgehead atoms. The highest BCUT2D eigenvalue weighted by Gasteiger charge is 2.36. The summed E-state index contributed by atoms with van der Waals surface area (Å²) in [4.78, 5) is 0. The minimum atomic E-state index is 0.459. The fourth-order valence-corrected chi connectivity index (χ4v) is 4.80. The van der Waals surface area contributed by atoms with E-state index >= 15 is 0 Å². The molecule has 21 heavy (non-hydrogen) atoms. The maximum atomic E-state index is 4.09. The van der Waals surface area contributed by atoms with E-state index < -0.39 is 0 Å². The molecule has 124 valence electrons. The summed E-state index contributed by atoms with van der Waals surface area (Å²) in [6.07, 6.45) is 11.4. The fourth-order valence-electron chi connectivity index (χ4n) is 4.80. The van der Waals surface area contributed by atoms with Gasteiger partial charge in [0.15, 0.2) is 0 Å². The van der Waals surface area contributed by atoms with E-state index in [1.165, 1.54) is 51.4 Å². The van der Waals surface area contributed by atoms with Gasteiger partial charge in [-0.25, -0.2) is 0 Å². The van der Waals surface area contributed by atoms with Crippen LogP contribution in [0.2, 0.25) is 0 Å². The molecule has 2 aliphatic rings. The summed E-state index contributed by atoms with van der Waals surface area (Å²) in [5, 5.41) is 4.09. The van der Waals surface area contributed by atoms with E-state index in [-0.39, 0.29) is 0 Å². The third-order valence-corrected chi connectivity index (χ3v) is 6.28. The van der Waals surface area contributed by atoms with Crippen LogP contribution in [-0.2, 0) is 0 Å². The predicted molar refractivity (Wildman–Crippen MR) is 93.5 cm³/mol. The van der Waals surface area contributed by atoms with Crippen molar-refractivity contribution < 1.29 is 0 Å². The molecule has 0 aromatic heterocycles. The van der Waals surface area contributed by atoms with Gasteiger partial charge in [0.1, 0.15) is 0 Å². The van der Waals surface area contributed by atoms with Crippen molar-refractivity contribution in [3.8, 4) is 0 Å². The van der Waals surface area contributed by atoms with Gasteiger partial charge in [-0.3, -0.25) is 0 Å². The van der Waals surface area contributed by atoms with Crippen LogP contribution in [0.3, 0.4) is 0 Å². The van der Waals surface area contributed by atoms with Gasteiger partial charge in [0.25, 0.3) is 0 Å². The Labute approximate surface area is 133 Å². The highest BCUT2D eigenvalue weighted by Crippen LogP contribution is 2.41. The van der Waals surface area contributed by atoms with Gasteiger partial charge >= 0.3 is 0 Å². The molecular weight excluding hydrogens is 254 g/mol. The smallest absolute Gasteiger partial charge is 0.0103 e. The molecule has 1 N–H and O–H groups in total. The Morgan fingerprint density at radius 2 is 1.24 bits per heavy atom. The van der Waals surface area contributed by atoms with Crippen LogP contribution >= 0.6 is 0 Å². The van der Waals surface area contributed by atoms with Crippen molar-refractivity contribution in [2.75, 3.05) is 0 Å². The molecule has 2 saturated carbocycles. The standard InChI is InChI=1S/C20H39N/c1-19(2,3)15-11-13-16(14-12-15)21-18-10-8-7-9-17(18)20(4,5)6/h15-18,21H,7-14H2,1-6H3. The molecule has 0 spiro atoms. The van der Waals surface area contributed by atoms with Crippen molar-refractivity contribution in [3.63, 3.8) is 0 Å². The van der Waals surface area contributed by atoms with Gasteiger partial charge in [-0.1, -0.05) is 54.4 Å². The van der Waals surface area contributed by atoms with Crippen LogP contribution in [0.15, 0.2) is 0 Å². The van der Waals surface area contributed by atoms with Crippen LogP contribution in [0.25, 0.3) is 0 Å². The summed E-state index contributed by atoms with van der Waals surface area (Å²) >= 11 is 0. The second-order valence-electron chi connectivity index (χ2n) is 9.94. The first kappa shape index (κ1) is 17.3. The quantitative estimate of drug-likeness (QED) is 0.680. The largest absolute Gasteiger partial charge is 0.311 e. The molecular formula is C20H39N. The highest BCUT2D eigenvalue weighted by molar-refractivity contribution is 4.92. The van der Waals surface area contributed by atoms with Crippen molar-refractivity contribution >= 4 is 0 Å². The molecule has 2 aliphatic carbocycles. The van der Waals surface area contributed by atoms with Crippen LogP contribution in [0.4, 0.5) is 0 Å². The summed E-state index contributed by atoms with van der Waals surface area (Å²) in [6, 6.07) is 1.56. The molecule has 1 heteroatoms. The predicted octanol–water partition coefficient (Wildman–Crippen LogP) is 5.79. The number of rotatable bonds is 2. The Kier molecular flexibility index (Phi) is 5.45. The van der Waals surface area contributed by atoms with E-state index in [2.05, 4.69) is 46.9 Å². The Morgan fingerprint density at radius 3 is 1.76 bits per heavy atom. The zero-order chi connectivity index (χ0) is 15.7. The van der Waals surface area contributed by atoms with Crippen LogP contribution in [0, 0.1) is 22.7 Å². The molecule has 0 heterocycles. The molecule has 0 aromatic carbocycles. The minimum absolute atomic E-state index is 0.459. The van der Waals surface area contributed by atoms with Crippen molar-refractivity contribution in [2.45, 2.75) is 105 Å². The Balaban J connectivity index is 1.87. The monoisotopic (exact) mass is 293 g/mol. The van der Waals surface area contributed by atoms with Gasteiger partial charge in [0.05, 0.1) is 0 Å². The first-order valence-corrected chi connectivity index (χ1v) is 9.44. The summed E-state index contributed by atoms with van der Waals surface area (Å²) in [5.74, 6) is 1.80. The van der Waals surface area contributed by atoms with Gasteiger partial charge in [-0.2, -0.15) is 0 Å². The maximum absolute atomic E-state index is 4.09. The Hall–Kier alpha value is -0.0400. The lowest BCUT2D eigenvalue weighted by Crippen LogP contribution is -2.49.